The van der Waals surface area contributed by atoms with Crippen molar-refractivity contribution in [1.29, 1.82) is 0 Å². The van der Waals surface area contributed by atoms with Gasteiger partial charge in [-0.15, -0.1) is 0 Å². The minimum Gasteiger partial charge on any atom is -0.335 e. The molecule has 3 heterocycles. The van der Waals surface area contributed by atoms with Crippen LogP contribution < -0.4 is 5.32 Å². The molecule has 140 valence electrons. The van der Waals surface area contributed by atoms with E-state index in [1.54, 1.807) is 15.8 Å². The van der Waals surface area contributed by atoms with Gasteiger partial charge in [-0.25, -0.2) is 4.79 Å². The molecule has 26 heavy (non-hydrogen) atoms. The van der Waals surface area contributed by atoms with Crippen molar-refractivity contribution >= 4 is 11.9 Å². The summed E-state index contributed by atoms with van der Waals surface area (Å²) in [5.41, 5.74) is 0.960. The molecule has 0 bridgehead atoms. The van der Waals surface area contributed by atoms with Crippen molar-refractivity contribution in [3.8, 4) is 0 Å². The quantitative estimate of drug-likeness (QED) is 0.888. The molecule has 2 unspecified atom stereocenters. The summed E-state index contributed by atoms with van der Waals surface area (Å²) in [6.45, 7) is 0.893. The number of aromatic nitrogens is 2. The number of amides is 3. The van der Waals surface area contributed by atoms with Gasteiger partial charge < -0.3 is 15.1 Å². The minimum absolute atomic E-state index is 0.0130. The summed E-state index contributed by atoms with van der Waals surface area (Å²) in [5.74, 6) is 2.35. The lowest BCUT2D eigenvalue weighted by atomic mass is 9.81. The Labute approximate surface area is 153 Å². The van der Waals surface area contributed by atoms with Crippen LogP contribution in [0.2, 0.25) is 0 Å². The highest BCUT2D eigenvalue weighted by molar-refractivity contribution is 5.82. The highest BCUT2D eigenvalue weighted by Crippen LogP contribution is 2.52. The van der Waals surface area contributed by atoms with E-state index in [1.807, 2.05) is 25.1 Å². The van der Waals surface area contributed by atoms with Gasteiger partial charge in [0.05, 0.1) is 17.8 Å². The summed E-state index contributed by atoms with van der Waals surface area (Å²) < 4.78 is 1.79. The maximum Gasteiger partial charge on any atom is 0.317 e. The number of likely N-dealkylation sites (N-methyl/N-ethyl adjacent to an activating group) is 1. The third-order valence-electron chi connectivity index (χ3n) is 6.86. The van der Waals surface area contributed by atoms with Gasteiger partial charge in [0, 0.05) is 45.2 Å². The summed E-state index contributed by atoms with van der Waals surface area (Å²) in [6, 6.07) is 2.03. The van der Waals surface area contributed by atoms with Crippen LogP contribution in [-0.4, -0.2) is 57.2 Å². The van der Waals surface area contributed by atoms with Crippen molar-refractivity contribution in [3.05, 3.63) is 18.0 Å². The zero-order valence-electron chi connectivity index (χ0n) is 15.5. The number of carbonyl (C=O) groups is 2. The lowest BCUT2D eigenvalue weighted by Crippen LogP contribution is -2.64. The van der Waals surface area contributed by atoms with Crippen LogP contribution in [0.4, 0.5) is 4.79 Å². The standard InChI is InChI=1S/C19H27N5O2/c1-22-16(25)9-14(18(22)15-7-8-20-23(15)2)21-19(26)24-10-13(11-3-4-11)17(24)12-5-6-12/h7-8,11-14,17-18H,3-6,9-10H2,1-2H3,(H,21,26)/t13?,14-,17?,18-/m1/s1. The monoisotopic (exact) mass is 357 g/mol. The second-order valence-corrected chi connectivity index (χ2v) is 8.57. The lowest BCUT2D eigenvalue weighted by Gasteiger charge is -2.49. The fourth-order valence-corrected chi connectivity index (χ4v) is 5.08. The first-order valence-electron chi connectivity index (χ1n) is 9.85. The topological polar surface area (TPSA) is 70.5 Å². The molecule has 5 rings (SSSR count). The molecule has 4 atom stereocenters. The molecule has 4 fully saturated rings. The number of hydrogen-bond acceptors (Lipinski definition) is 3. The summed E-state index contributed by atoms with van der Waals surface area (Å²) in [7, 11) is 3.69. The molecule has 1 aromatic heterocycles. The fraction of sp³-hybridized carbons (Fsp3) is 0.737. The van der Waals surface area contributed by atoms with E-state index in [1.165, 1.54) is 25.7 Å². The second-order valence-electron chi connectivity index (χ2n) is 8.57. The Balaban J connectivity index is 1.31. The van der Waals surface area contributed by atoms with E-state index >= 15 is 0 Å². The molecule has 2 saturated heterocycles. The fourth-order valence-electron chi connectivity index (χ4n) is 5.08. The number of aryl methyl sites for hydroxylation is 1. The number of likely N-dealkylation sites (tertiary alicyclic amines) is 2. The summed E-state index contributed by atoms with van der Waals surface area (Å²) in [5, 5.41) is 7.42. The number of carbonyl (C=O) groups excluding carboxylic acids is 2. The largest absolute Gasteiger partial charge is 0.335 e. The van der Waals surface area contributed by atoms with Crippen LogP contribution >= 0.6 is 0 Å². The molecule has 2 aliphatic heterocycles. The summed E-state index contributed by atoms with van der Waals surface area (Å²) >= 11 is 0. The van der Waals surface area contributed by atoms with Crippen molar-refractivity contribution < 1.29 is 9.59 Å². The van der Waals surface area contributed by atoms with E-state index in [0.717, 1.165) is 18.2 Å². The Morgan fingerprint density at radius 3 is 2.54 bits per heavy atom. The number of rotatable bonds is 4. The predicted molar refractivity (Wildman–Crippen MR) is 95.1 cm³/mol. The molecule has 0 spiro atoms. The molecule has 1 N–H and O–H groups in total. The smallest absolute Gasteiger partial charge is 0.317 e. The molecule has 2 aliphatic carbocycles. The van der Waals surface area contributed by atoms with Gasteiger partial charge in [0.15, 0.2) is 0 Å². The van der Waals surface area contributed by atoms with Gasteiger partial charge in [-0.2, -0.15) is 5.10 Å². The maximum absolute atomic E-state index is 13.0. The Morgan fingerprint density at radius 1 is 1.19 bits per heavy atom. The molecule has 4 aliphatic rings. The van der Waals surface area contributed by atoms with Gasteiger partial charge in [-0.05, 0) is 43.6 Å². The average molecular weight is 357 g/mol. The Morgan fingerprint density at radius 2 is 1.92 bits per heavy atom. The van der Waals surface area contributed by atoms with Crippen molar-refractivity contribution in [3.63, 3.8) is 0 Å². The van der Waals surface area contributed by atoms with Gasteiger partial charge >= 0.3 is 6.03 Å². The molecule has 7 nitrogen and oxygen atoms in total. The number of nitrogens with zero attached hydrogens (tertiary/aromatic N) is 4. The minimum atomic E-state index is -0.199. The number of hydrogen-bond donors (Lipinski definition) is 1. The van der Waals surface area contributed by atoms with Crippen LogP contribution in [0.3, 0.4) is 0 Å². The van der Waals surface area contributed by atoms with E-state index in [-0.39, 0.29) is 24.0 Å². The first-order chi connectivity index (χ1) is 12.5. The zero-order valence-corrected chi connectivity index (χ0v) is 15.5. The van der Waals surface area contributed by atoms with E-state index in [9.17, 15) is 9.59 Å². The van der Waals surface area contributed by atoms with Crippen LogP contribution in [0, 0.1) is 17.8 Å². The predicted octanol–water partition coefficient (Wildman–Crippen LogP) is 1.52. The van der Waals surface area contributed by atoms with Gasteiger partial charge in [-0.3, -0.25) is 9.48 Å². The summed E-state index contributed by atoms with van der Waals surface area (Å²) in [6.07, 6.45) is 7.30. The molecular formula is C19H27N5O2. The van der Waals surface area contributed by atoms with Crippen LogP contribution in [0.25, 0.3) is 0 Å². The van der Waals surface area contributed by atoms with Crippen molar-refractivity contribution in [1.82, 2.24) is 24.9 Å². The second kappa shape index (κ2) is 5.72. The zero-order chi connectivity index (χ0) is 18.0. The van der Waals surface area contributed by atoms with Gasteiger partial charge in [0.1, 0.15) is 0 Å². The first kappa shape index (κ1) is 16.1. The maximum atomic E-state index is 13.0. The van der Waals surface area contributed by atoms with Crippen LogP contribution in [0.1, 0.15) is 43.8 Å². The van der Waals surface area contributed by atoms with E-state index in [2.05, 4.69) is 10.4 Å². The number of nitrogens with one attached hydrogen (secondary N) is 1. The van der Waals surface area contributed by atoms with Crippen molar-refractivity contribution in [2.45, 2.75) is 50.2 Å². The molecular weight excluding hydrogens is 330 g/mol. The van der Waals surface area contributed by atoms with E-state index in [0.29, 0.717) is 24.3 Å². The molecule has 0 radical (unpaired) electrons. The average Bonchev–Trinajstić information content (AvgIpc) is 3.48. The van der Waals surface area contributed by atoms with Gasteiger partial charge in [0.25, 0.3) is 0 Å². The SMILES string of the molecule is CN1C(=O)C[C@@H](NC(=O)N2CC(C3CC3)C2C2CC2)[C@@H]1c1ccnn1C. The van der Waals surface area contributed by atoms with Gasteiger partial charge in [-0.1, -0.05) is 0 Å². The van der Waals surface area contributed by atoms with E-state index in [4.69, 9.17) is 0 Å². The van der Waals surface area contributed by atoms with Crippen molar-refractivity contribution in [2.75, 3.05) is 13.6 Å². The van der Waals surface area contributed by atoms with E-state index < -0.39 is 0 Å². The molecule has 3 amide bonds. The van der Waals surface area contributed by atoms with Crippen LogP contribution in [-0.2, 0) is 11.8 Å². The van der Waals surface area contributed by atoms with Crippen LogP contribution in [0.5, 0.6) is 0 Å². The molecule has 7 heteroatoms. The first-order valence-corrected chi connectivity index (χ1v) is 9.85. The molecule has 0 aromatic carbocycles. The van der Waals surface area contributed by atoms with Crippen molar-refractivity contribution in [2.24, 2.45) is 24.8 Å². The summed E-state index contributed by atoms with van der Waals surface area (Å²) in [4.78, 5) is 29.1. The Bertz CT molecular complexity index is 738. The lowest BCUT2D eigenvalue weighted by molar-refractivity contribution is -0.127. The third kappa shape index (κ3) is 2.51. The Kier molecular flexibility index (Phi) is 3.56. The highest BCUT2D eigenvalue weighted by Gasteiger charge is 2.55. The third-order valence-corrected chi connectivity index (χ3v) is 6.86. The number of urea groups is 1. The van der Waals surface area contributed by atoms with Crippen LogP contribution in [0.15, 0.2) is 12.3 Å². The molecule has 2 saturated carbocycles. The molecule has 1 aromatic rings. The van der Waals surface area contributed by atoms with Gasteiger partial charge in [0.2, 0.25) is 5.91 Å². The normalized spacial score (nSPS) is 34.2. The highest BCUT2D eigenvalue weighted by atomic mass is 16.2. The Hall–Kier alpha value is -2.05.